The Morgan fingerprint density at radius 3 is 1.57 bits per heavy atom. The van der Waals surface area contributed by atoms with Gasteiger partial charge in [0.15, 0.2) is 6.29 Å². The molecule has 35 heavy (non-hydrogen) atoms. The minimum Gasteiger partial charge on any atom is -0.385 e. The smallest absolute Gasteiger partial charge is 0.186 e. The highest BCUT2D eigenvalue weighted by Gasteiger charge is 2.54. The van der Waals surface area contributed by atoms with Crippen molar-refractivity contribution in [2.24, 2.45) is 0 Å². The molecule has 1 aliphatic rings. The van der Waals surface area contributed by atoms with Gasteiger partial charge in [-0.25, -0.2) is 0 Å². The van der Waals surface area contributed by atoms with Crippen molar-refractivity contribution in [1.82, 2.24) is 0 Å². The van der Waals surface area contributed by atoms with Crippen LogP contribution in [0.25, 0.3) is 0 Å². The first-order valence-corrected chi connectivity index (χ1v) is 11.8. The first-order valence-electron chi connectivity index (χ1n) is 11.8. The predicted molar refractivity (Wildman–Crippen MR) is 133 cm³/mol. The quantitative estimate of drug-likeness (QED) is 0.466. The number of hydrogen-bond acceptors (Lipinski definition) is 6. The SMILES string of the molecule is CO[C@H]1O[C@H](COC(c2ccccc2)(c2ccccc2)c2ccccc2)[C@@](C)(O)[C@H](OC)[C@H]1OC. The summed E-state index contributed by atoms with van der Waals surface area (Å²) in [5.74, 6) is 0. The van der Waals surface area contributed by atoms with Gasteiger partial charge >= 0.3 is 0 Å². The zero-order valence-electron chi connectivity index (χ0n) is 20.7. The fourth-order valence-corrected chi connectivity index (χ4v) is 5.01. The van der Waals surface area contributed by atoms with Gasteiger partial charge < -0.3 is 28.8 Å². The molecular weight excluding hydrogens is 444 g/mol. The largest absolute Gasteiger partial charge is 0.385 e. The zero-order valence-corrected chi connectivity index (χ0v) is 20.7. The second-order valence-electron chi connectivity index (χ2n) is 8.90. The lowest BCUT2D eigenvalue weighted by Gasteiger charge is -2.49. The molecular formula is C29H34O6. The van der Waals surface area contributed by atoms with E-state index in [1.54, 1.807) is 28.3 Å². The highest BCUT2D eigenvalue weighted by molar-refractivity contribution is 5.47. The molecule has 1 saturated heterocycles. The van der Waals surface area contributed by atoms with Gasteiger partial charge in [-0.1, -0.05) is 91.0 Å². The van der Waals surface area contributed by atoms with Crippen LogP contribution in [0, 0.1) is 0 Å². The molecule has 0 saturated carbocycles. The second kappa shape index (κ2) is 11.0. The normalized spacial score (nSPS) is 27.0. The van der Waals surface area contributed by atoms with E-state index in [2.05, 4.69) is 36.4 Å². The van der Waals surface area contributed by atoms with Crippen LogP contribution >= 0.6 is 0 Å². The molecule has 1 aliphatic heterocycles. The third-order valence-electron chi connectivity index (χ3n) is 6.84. The van der Waals surface area contributed by atoms with E-state index in [0.717, 1.165) is 16.7 Å². The standard InChI is InChI=1S/C29H34O6/c1-28(30)24(35-27(33-4)25(31-2)26(28)32-3)20-34-29(21-14-8-5-9-15-21,22-16-10-6-11-17-22)23-18-12-7-13-19-23/h5-19,24-27,30H,20H2,1-4H3/t24-,25-,26-,27+,28-/m1/s1. The highest BCUT2D eigenvalue weighted by Crippen LogP contribution is 2.42. The summed E-state index contributed by atoms with van der Waals surface area (Å²) in [6.07, 6.45) is -2.75. The predicted octanol–water partition coefficient (Wildman–Crippen LogP) is 4.15. The number of ether oxygens (including phenoxy) is 5. The van der Waals surface area contributed by atoms with Gasteiger partial charge in [-0.2, -0.15) is 0 Å². The lowest BCUT2D eigenvalue weighted by atomic mass is 9.79. The van der Waals surface area contributed by atoms with E-state index in [0.29, 0.717) is 0 Å². The number of hydrogen-bond donors (Lipinski definition) is 1. The molecule has 3 aromatic rings. The fourth-order valence-electron chi connectivity index (χ4n) is 5.01. The van der Waals surface area contributed by atoms with E-state index in [4.69, 9.17) is 23.7 Å². The maximum Gasteiger partial charge on any atom is 0.186 e. The molecule has 5 atom stereocenters. The first kappa shape index (κ1) is 25.5. The van der Waals surface area contributed by atoms with Crippen molar-refractivity contribution < 1.29 is 28.8 Å². The Kier molecular flexibility index (Phi) is 8.02. The molecule has 0 amide bonds. The van der Waals surface area contributed by atoms with Gasteiger partial charge in [0, 0.05) is 21.3 Å². The van der Waals surface area contributed by atoms with Crippen molar-refractivity contribution in [3.63, 3.8) is 0 Å². The maximum atomic E-state index is 11.6. The number of aliphatic hydroxyl groups is 1. The molecule has 0 spiro atoms. The Morgan fingerprint density at radius 2 is 1.20 bits per heavy atom. The van der Waals surface area contributed by atoms with Crippen molar-refractivity contribution in [1.29, 1.82) is 0 Å². The van der Waals surface area contributed by atoms with Gasteiger partial charge in [-0.15, -0.1) is 0 Å². The molecule has 0 radical (unpaired) electrons. The summed E-state index contributed by atoms with van der Waals surface area (Å²) < 4.78 is 29.8. The Morgan fingerprint density at radius 1 is 0.743 bits per heavy atom. The van der Waals surface area contributed by atoms with Gasteiger partial charge in [0.05, 0.1) is 6.61 Å². The molecule has 1 fully saturated rings. The Balaban J connectivity index is 1.79. The van der Waals surface area contributed by atoms with Crippen LogP contribution in [0.4, 0.5) is 0 Å². The van der Waals surface area contributed by atoms with Gasteiger partial charge in [-0.05, 0) is 23.6 Å². The molecule has 0 aromatic heterocycles. The molecule has 0 unspecified atom stereocenters. The minimum atomic E-state index is -1.40. The second-order valence-corrected chi connectivity index (χ2v) is 8.90. The van der Waals surface area contributed by atoms with Gasteiger partial charge in [-0.3, -0.25) is 0 Å². The minimum absolute atomic E-state index is 0.0713. The summed E-state index contributed by atoms with van der Waals surface area (Å²) in [5, 5.41) is 11.6. The molecule has 6 nitrogen and oxygen atoms in total. The fraction of sp³-hybridized carbons (Fsp3) is 0.379. The number of benzene rings is 3. The van der Waals surface area contributed by atoms with E-state index in [9.17, 15) is 5.11 Å². The summed E-state index contributed by atoms with van der Waals surface area (Å²) in [4.78, 5) is 0. The first-order chi connectivity index (χ1) is 17.0. The Labute approximate surface area is 207 Å². The van der Waals surface area contributed by atoms with Gasteiger partial charge in [0.2, 0.25) is 0 Å². The van der Waals surface area contributed by atoms with Crippen LogP contribution in [-0.4, -0.2) is 63.2 Å². The van der Waals surface area contributed by atoms with Crippen molar-refractivity contribution in [3.8, 4) is 0 Å². The van der Waals surface area contributed by atoms with E-state index in [1.807, 2.05) is 54.6 Å². The van der Waals surface area contributed by atoms with E-state index in [-0.39, 0.29) is 6.61 Å². The highest BCUT2D eigenvalue weighted by atomic mass is 16.7. The zero-order chi connectivity index (χ0) is 24.9. The lowest BCUT2D eigenvalue weighted by Crippen LogP contribution is -2.67. The van der Waals surface area contributed by atoms with Crippen LogP contribution in [-0.2, 0) is 29.3 Å². The molecule has 3 aromatic carbocycles. The van der Waals surface area contributed by atoms with Crippen molar-refractivity contribution in [2.75, 3.05) is 27.9 Å². The average molecular weight is 479 g/mol. The van der Waals surface area contributed by atoms with Gasteiger partial charge in [0.25, 0.3) is 0 Å². The van der Waals surface area contributed by atoms with E-state index >= 15 is 0 Å². The molecule has 4 rings (SSSR count). The van der Waals surface area contributed by atoms with Crippen LogP contribution in [0.2, 0.25) is 0 Å². The topological polar surface area (TPSA) is 66.4 Å². The van der Waals surface area contributed by atoms with Crippen molar-refractivity contribution in [3.05, 3.63) is 108 Å². The number of rotatable bonds is 9. The summed E-state index contributed by atoms with van der Waals surface area (Å²) in [6.45, 7) is 1.75. The van der Waals surface area contributed by atoms with Crippen LogP contribution < -0.4 is 0 Å². The van der Waals surface area contributed by atoms with Crippen molar-refractivity contribution in [2.45, 2.75) is 42.7 Å². The molecule has 1 N–H and O–H groups in total. The maximum absolute atomic E-state index is 11.6. The average Bonchev–Trinajstić information content (AvgIpc) is 2.91. The lowest BCUT2D eigenvalue weighted by molar-refractivity contribution is -0.333. The third kappa shape index (κ3) is 4.78. The van der Waals surface area contributed by atoms with Crippen LogP contribution in [0.1, 0.15) is 23.6 Å². The monoisotopic (exact) mass is 478 g/mol. The molecule has 0 bridgehead atoms. The van der Waals surface area contributed by atoms with Crippen molar-refractivity contribution >= 4 is 0 Å². The molecule has 0 aliphatic carbocycles. The van der Waals surface area contributed by atoms with Crippen LogP contribution in [0.5, 0.6) is 0 Å². The summed E-state index contributed by atoms with van der Waals surface area (Å²) in [5.41, 5.74) is 0.560. The van der Waals surface area contributed by atoms with Crippen LogP contribution in [0.3, 0.4) is 0 Å². The summed E-state index contributed by atoms with van der Waals surface area (Å²) >= 11 is 0. The molecule has 1 heterocycles. The van der Waals surface area contributed by atoms with Gasteiger partial charge in [0.1, 0.15) is 29.5 Å². The van der Waals surface area contributed by atoms with E-state index < -0.39 is 35.8 Å². The molecule has 6 heteroatoms. The summed E-state index contributed by atoms with van der Waals surface area (Å²) in [6, 6.07) is 30.2. The Hall–Kier alpha value is -2.58. The Bertz CT molecular complexity index is 944. The molecule has 186 valence electrons. The van der Waals surface area contributed by atoms with E-state index in [1.165, 1.54) is 0 Å². The van der Waals surface area contributed by atoms with Crippen LogP contribution in [0.15, 0.2) is 91.0 Å². The third-order valence-corrected chi connectivity index (χ3v) is 6.84. The number of methoxy groups -OCH3 is 3. The summed E-state index contributed by atoms with van der Waals surface area (Å²) in [7, 11) is 4.64.